The van der Waals surface area contributed by atoms with Crippen LogP contribution >= 0.6 is 11.6 Å². The number of hydrogen-bond acceptors (Lipinski definition) is 6. The molecule has 43 heavy (non-hydrogen) atoms. The van der Waals surface area contributed by atoms with Crippen LogP contribution < -0.4 is 4.74 Å². The van der Waals surface area contributed by atoms with Crippen molar-refractivity contribution in [2.45, 2.75) is 24.4 Å². The number of aromatic nitrogens is 5. The van der Waals surface area contributed by atoms with Crippen LogP contribution in [0.25, 0.3) is 33.8 Å². The van der Waals surface area contributed by atoms with Crippen molar-refractivity contribution in [3.05, 3.63) is 89.6 Å². The third-order valence-electron chi connectivity index (χ3n) is 6.23. The van der Waals surface area contributed by atoms with E-state index in [0.29, 0.717) is 16.7 Å². The van der Waals surface area contributed by atoms with E-state index < -0.39 is 39.0 Å². The predicted octanol–water partition coefficient (Wildman–Crippen LogP) is 7.07. The number of alkyl halides is 6. The van der Waals surface area contributed by atoms with Gasteiger partial charge >= 0.3 is 12.5 Å². The van der Waals surface area contributed by atoms with Crippen LogP contribution in [0.3, 0.4) is 0 Å². The molecule has 0 aliphatic heterocycles. The minimum absolute atomic E-state index is 0.0431. The Morgan fingerprint density at radius 3 is 2.12 bits per heavy atom. The van der Waals surface area contributed by atoms with Crippen LogP contribution in [0.5, 0.6) is 5.75 Å². The summed E-state index contributed by atoms with van der Waals surface area (Å²) in [6.45, 7) is 1.33. The van der Waals surface area contributed by atoms with Crippen molar-refractivity contribution < 1.29 is 39.5 Å². The van der Waals surface area contributed by atoms with Crippen LogP contribution in [0.2, 0.25) is 5.15 Å². The summed E-state index contributed by atoms with van der Waals surface area (Å²) in [4.78, 5) is 3.65. The maximum Gasteiger partial charge on any atom is 0.573 e. The predicted molar refractivity (Wildman–Crippen MR) is 144 cm³/mol. The lowest BCUT2D eigenvalue weighted by molar-refractivity contribution is -0.274. The van der Waals surface area contributed by atoms with Gasteiger partial charge in [0.2, 0.25) is 0 Å². The second-order valence-electron chi connectivity index (χ2n) is 9.24. The van der Waals surface area contributed by atoms with Gasteiger partial charge in [0.15, 0.2) is 15.5 Å². The summed E-state index contributed by atoms with van der Waals surface area (Å²) < 4.78 is 109. The first-order valence-corrected chi connectivity index (χ1v) is 14.3. The van der Waals surface area contributed by atoms with E-state index in [4.69, 9.17) is 11.6 Å². The van der Waals surface area contributed by atoms with Gasteiger partial charge in [0, 0.05) is 11.8 Å². The largest absolute Gasteiger partial charge is 0.573 e. The van der Waals surface area contributed by atoms with Gasteiger partial charge in [-0.05, 0) is 66.6 Å². The average Bonchev–Trinajstić information content (AvgIpc) is 3.52. The molecule has 0 spiro atoms. The number of nitrogens with zero attached hydrogens (tertiary/aromatic N) is 5. The van der Waals surface area contributed by atoms with Crippen LogP contribution in [0, 0.1) is 6.92 Å². The van der Waals surface area contributed by atoms with Crippen LogP contribution in [0.1, 0.15) is 11.5 Å². The molecule has 0 amide bonds. The second kappa shape index (κ2) is 10.7. The Bertz CT molecular complexity index is 1930. The summed E-state index contributed by atoms with van der Waals surface area (Å²) in [6.07, 6.45) is -7.39. The van der Waals surface area contributed by atoms with Crippen molar-refractivity contribution in [1.82, 2.24) is 24.5 Å². The molecule has 0 saturated carbocycles. The molecule has 0 unspecified atom stereocenters. The van der Waals surface area contributed by atoms with Crippen molar-refractivity contribution in [2.75, 3.05) is 6.26 Å². The molecule has 0 radical (unpaired) electrons. The van der Waals surface area contributed by atoms with E-state index in [1.165, 1.54) is 54.2 Å². The topological polar surface area (TPSA) is 91.9 Å². The van der Waals surface area contributed by atoms with Gasteiger partial charge in [-0.15, -0.1) is 18.3 Å². The standard InChI is InChI=1S/C27H18ClF6N5O3S/c1-15-36-24(26(29,30)31)25(28)38(15)21-11-8-18(17-4-3-5-20(12-17)43(2,40)41)13-22(21)39-23(14-35-37-39)16-6-9-19(10-7-16)42-27(32,33)34/h3-14H,1-2H3. The molecule has 2 aromatic heterocycles. The van der Waals surface area contributed by atoms with Gasteiger partial charge in [-0.25, -0.2) is 18.1 Å². The quantitative estimate of drug-likeness (QED) is 0.184. The number of aryl methyl sites for hydroxylation is 1. The van der Waals surface area contributed by atoms with E-state index >= 15 is 0 Å². The smallest absolute Gasteiger partial charge is 0.406 e. The Morgan fingerprint density at radius 2 is 1.51 bits per heavy atom. The van der Waals surface area contributed by atoms with E-state index in [1.54, 1.807) is 18.2 Å². The number of halogens is 7. The van der Waals surface area contributed by atoms with Crippen molar-refractivity contribution in [3.63, 3.8) is 0 Å². The summed E-state index contributed by atoms with van der Waals surface area (Å²) in [7, 11) is -3.56. The Morgan fingerprint density at radius 1 is 0.860 bits per heavy atom. The van der Waals surface area contributed by atoms with E-state index in [1.807, 2.05) is 0 Å². The Labute approximate surface area is 245 Å². The van der Waals surface area contributed by atoms with E-state index in [2.05, 4.69) is 20.0 Å². The number of benzene rings is 3. The normalized spacial score (nSPS) is 12.5. The fourth-order valence-electron chi connectivity index (χ4n) is 4.37. The molecule has 5 aromatic rings. The van der Waals surface area contributed by atoms with Gasteiger partial charge in [0.25, 0.3) is 0 Å². The van der Waals surface area contributed by atoms with Crippen molar-refractivity contribution >= 4 is 21.4 Å². The summed E-state index contributed by atoms with van der Waals surface area (Å²) in [5, 5.41) is 7.30. The third-order valence-corrected chi connectivity index (χ3v) is 7.69. The maximum absolute atomic E-state index is 13.7. The summed E-state index contributed by atoms with van der Waals surface area (Å²) in [5.41, 5.74) is 0.492. The zero-order chi connectivity index (χ0) is 31.3. The highest BCUT2D eigenvalue weighted by Crippen LogP contribution is 2.39. The fraction of sp³-hybridized carbons (Fsp3) is 0.148. The lowest BCUT2D eigenvalue weighted by atomic mass is 10.0. The van der Waals surface area contributed by atoms with E-state index in [-0.39, 0.29) is 27.8 Å². The zero-order valence-corrected chi connectivity index (χ0v) is 23.5. The minimum Gasteiger partial charge on any atom is -0.406 e. The first-order valence-electron chi connectivity index (χ1n) is 12.1. The van der Waals surface area contributed by atoms with Gasteiger partial charge < -0.3 is 4.74 Å². The highest BCUT2D eigenvalue weighted by atomic mass is 35.5. The van der Waals surface area contributed by atoms with E-state index in [9.17, 15) is 34.8 Å². The monoisotopic (exact) mass is 641 g/mol. The molecule has 2 heterocycles. The minimum atomic E-state index is -4.90. The molecule has 0 saturated heterocycles. The van der Waals surface area contributed by atoms with Crippen LogP contribution in [-0.2, 0) is 16.0 Å². The zero-order valence-electron chi connectivity index (χ0n) is 21.9. The van der Waals surface area contributed by atoms with Gasteiger partial charge in [0.05, 0.1) is 28.2 Å². The third kappa shape index (κ3) is 6.22. The number of sulfone groups is 1. The van der Waals surface area contributed by atoms with Gasteiger partial charge in [-0.3, -0.25) is 4.57 Å². The highest BCUT2D eigenvalue weighted by Gasteiger charge is 2.39. The number of ether oxygens (including phenoxy) is 1. The molecule has 8 nitrogen and oxygen atoms in total. The number of hydrogen-bond donors (Lipinski definition) is 0. The lowest BCUT2D eigenvalue weighted by Gasteiger charge is -2.17. The number of imidazole rings is 1. The molecule has 5 rings (SSSR count). The van der Waals surface area contributed by atoms with Crippen molar-refractivity contribution in [3.8, 4) is 39.5 Å². The molecule has 3 aromatic carbocycles. The van der Waals surface area contributed by atoms with Gasteiger partial charge in [0.1, 0.15) is 16.7 Å². The Kier molecular flexibility index (Phi) is 7.50. The fourth-order valence-corrected chi connectivity index (χ4v) is 5.40. The molecule has 0 aliphatic rings. The Hall–Kier alpha value is -4.37. The molecule has 0 fully saturated rings. The van der Waals surface area contributed by atoms with Crippen LogP contribution in [0.4, 0.5) is 26.3 Å². The lowest BCUT2D eigenvalue weighted by Crippen LogP contribution is -2.16. The maximum atomic E-state index is 13.7. The first-order chi connectivity index (χ1) is 20.0. The summed E-state index contributed by atoms with van der Waals surface area (Å²) >= 11 is 6.20. The molecule has 0 atom stereocenters. The Balaban J connectivity index is 1.72. The van der Waals surface area contributed by atoms with Crippen molar-refractivity contribution in [2.24, 2.45) is 0 Å². The average molecular weight is 642 g/mol. The molecular weight excluding hydrogens is 624 g/mol. The van der Waals surface area contributed by atoms with Crippen LogP contribution in [-0.4, -0.2) is 45.6 Å². The SMILES string of the molecule is Cc1nc(C(F)(F)F)c(Cl)n1-c1ccc(-c2cccc(S(C)(=O)=O)c2)cc1-n1nncc1-c1ccc(OC(F)(F)F)cc1. The second-order valence-corrected chi connectivity index (χ2v) is 11.6. The first kappa shape index (κ1) is 30.1. The molecule has 0 aliphatic carbocycles. The van der Waals surface area contributed by atoms with E-state index in [0.717, 1.165) is 23.0 Å². The molecule has 16 heteroatoms. The van der Waals surface area contributed by atoms with Gasteiger partial charge in [-0.2, -0.15) is 13.2 Å². The molecule has 0 N–H and O–H groups in total. The highest BCUT2D eigenvalue weighted by molar-refractivity contribution is 7.90. The summed E-state index contributed by atoms with van der Waals surface area (Å²) in [5.74, 6) is -0.565. The number of rotatable bonds is 6. The van der Waals surface area contributed by atoms with Gasteiger partial charge in [-0.1, -0.05) is 35.0 Å². The molecular formula is C27H18ClF6N5O3S. The molecule has 0 bridgehead atoms. The van der Waals surface area contributed by atoms with Crippen LogP contribution in [0.15, 0.2) is 77.8 Å². The van der Waals surface area contributed by atoms with Crippen molar-refractivity contribution in [1.29, 1.82) is 0 Å². The summed E-state index contributed by atoms with van der Waals surface area (Å²) in [6, 6.07) is 15.4. The molecule has 224 valence electrons.